The number of hydrogen-bond acceptors (Lipinski definition) is 4. The number of ether oxygens (including phenoxy) is 1. The molecule has 0 aromatic heterocycles. The number of amides is 3. The Kier molecular flexibility index (Phi) is 14.1. The highest BCUT2D eigenvalue weighted by Gasteiger charge is 2.32. The smallest absolute Gasteiger partial charge is 0.408 e. The van der Waals surface area contributed by atoms with Crippen molar-refractivity contribution in [1.82, 2.24) is 15.5 Å². The summed E-state index contributed by atoms with van der Waals surface area (Å²) in [6.07, 6.45) is 7.63. The monoisotopic (exact) mass is 489 g/mol. The molecule has 0 radical (unpaired) electrons. The lowest BCUT2D eigenvalue weighted by molar-refractivity contribution is -0.140. The van der Waals surface area contributed by atoms with E-state index in [1.54, 1.807) is 25.7 Å². The van der Waals surface area contributed by atoms with Gasteiger partial charge in [-0.25, -0.2) is 4.79 Å². The molecule has 1 unspecified atom stereocenters. The maximum atomic E-state index is 13.4. The lowest BCUT2D eigenvalue weighted by Crippen LogP contribution is -2.48. The van der Waals surface area contributed by atoms with Gasteiger partial charge in [-0.05, 0) is 51.7 Å². The molecule has 7 heteroatoms. The van der Waals surface area contributed by atoms with Crippen LogP contribution in [0.2, 0.25) is 0 Å². The summed E-state index contributed by atoms with van der Waals surface area (Å²) in [5.74, 6) is -0.493. The Morgan fingerprint density at radius 1 is 0.914 bits per heavy atom. The minimum Gasteiger partial charge on any atom is -0.444 e. The summed E-state index contributed by atoms with van der Waals surface area (Å²) in [5.41, 5.74) is 1.09. The fraction of sp³-hybridized carbons (Fsp3) is 0.679. The summed E-state index contributed by atoms with van der Waals surface area (Å²) in [5, 5.41) is 5.58. The lowest BCUT2D eigenvalue weighted by atomic mass is 9.98. The third-order valence-electron chi connectivity index (χ3n) is 5.73. The first-order valence-electron chi connectivity index (χ1n) is 13.2. The van der Waals surface area contributed by atoms with Gasteiger partial charge in [-0.15, -0.1) is 0 Å². The van der Waals surface area contributed by atoms with E-state index >= 15 is 0 Å². The summed E-state index contributed by atoms with van der Waals surface area (Å²) in [6, 6.07) is 6.92. The van der Waals surface area contributed by atoms with E-state index in [4.69, 9.17) is 4.74 Å². The molecule has 0 saturated carbocycles. The van der Waals surface area contributed by atoms with Crippen molar-refractivity contribution < 1.29 is 19.1 Å². The predicted molar refractivity (Wildman–Crippen MR) is 141 cm³/mol. The van der Waals surface area contributed by atoms with Gasteiger partial charge in [0, 0.05) is 13.1 Å². The molecule has 7 nitrogen and oxygen atoms in total. The first-order chi connectivity index (χ1) is 16.6. The fourth-order valence-corrected chi connectivity index (χ4v) is 3.85. The molecule has 3 amide bonds. The number of carbonyl (C=O) groups excluding carboxylic acids is 3. The SMILES string of the molecule is CCCCCCCCN(C(=O)CNC(=O)OC(C)(C)C)C(C(=O)NCCCC)c1ccccc1C. The van der Waals surface area contributed by atoms with Gasteiger partial charge in [-0.3, -0.25) is 9.59 Å². The van der Waals surface area contributed by atoms with Crippen molar-refractivity contribution in [3.05, 3.63) is 35.4 Å². The zero-order valence-corrected chi connectivity index (χ0v) is 22.7. The third-order valence-corrected chi connectivity index (χ3v) is 5.73. The van der Waals surface area contributed by atoms with Crippen LogP contribution in [0.25, 0.3) is 0 Å². The Labute approximate surface area is 212 Å². The Morgan fingerprint density at radius 3 is 2.17 bits per heavy atom. The molecule has 0 saturated heterocycles. The highest BCUT2D eigenvalue weighted by Crippen LogP contribution is 2.25. The second-order valence-electron chi connectivity index (χ2n) is 10.1. The van der Waals surface area contributed by atoms with Crippen LogP contribution in [0.5, 0.6) is 0 Å². The van der Waals surface area contributed by atoms with Crippen molar-refractivity contribution in [1.29, 1.82) is 0 Å². The molecule has 0 aliphatic heterocycles. The quantitative estimate of drug-likeness (QED) is 0.311. The van der Waals surface area contributed by atoms with Gasteiger partial charge in [0.2, 0.25) is 11.8 Å². The molecule has 0 aliphatic carbocycles. The normalized spacial score (nSPS) is 12.1. The minimum absolute atomic E-state index is 0.190. The molecular formula is C28H47N3O4. The van der Waals surface area contributed by atoms with Crippen LogP contribution in [0.3, 0.4) is 0 Å². The van der Waals surface area contributed by atoms with Gasteiger partial charge in [0.25, 0.3) is 0 Å². The second-order valence-corrected chi connectivity index (χ2v) is 10.1. The van der Waals surface area contributed by atoms with Crippen molar-refractivity contribution in [2.24, 2.45) is 0 Å². The Bertz CT molecular complexity index is 789. The van der Waals surface area contributed by atoms with Crippen molar-refractivity contribution in [3.63, 3.8) is 0 Å². The van der Waals surface area contributed by atoms with Gasteiger partial charge < -0.3 is 20.3 Å². The standard InChI is InChI=1S/C28H47N3O4/c1-7-9-11-12-13-16-20-31(24(32)21-30-27(34)35-28(4,5)6)25(26(33)29-19-10-8-2)23-18-15-14-17-22(23)3/h14-15,17-18,25H,7-13,16,19-21H2,1-6H3,(H,29,33)(H,30,34). The average Bonchev–Trinajstić information content (AvgIpc) is 2.79. The van der Waals surface area contributed by atoms with Gasteiger partial charge in [-0.2, -0.15) is 0 Å². The van der Waals surface area contributed by atoms with E-state index in [0.717, 1.165) is 43.2 Å². The van der Waals surface area contributed by atoms with Gasteiger partial charge in [0.05, 0.1) is 0 Å². The molecule has 2 N–H and O–H groups in total. The molecule has 0 fully saturated rings. The predicted octanol–water partition coefficient (Wildman–Crippen LogP) is 5.67. The van der Waals surface area contributed by atoms with Crippen LogP contribution in [0, 0.1) is 6.92 Å². The molecule has 35 heavy (non-hydrogen) atoms. The van der Waals surface area contributed by atoms with Crippen molar-refractivity contribution in [2.75, 3.05) is 19.6 Å². The number of hydrogen-bond donors (Lipinski definition) is 2. The zero-order chi connectivity index (χ0) is 26.3. The third kappa shape index (κ3) is 12.1. The van der Waals surface area contributed by atoms with Crippen LogP contribution in [0.4, 0.5) is 4.79 Å². The minimum atomic E-state index is -0.753. The maximum Gasteiger partial charge on any atom is 0.408 e. The van der Waals surface area contributed by atoms with E-state index in [-0.39, 0.29) is 18.4 Å². The van der Waals surface area contributed by atoms with Gasteiger partial charge in [0.1, 0.15) is 18.2 Å². The lowest BCUT2D eigenvalue weighted by Gasteiger charge is -2.32. The number of nitrogens with one attached hydrogen (secondary N) is 2. The number of nitrogens with zero attached hydrogens (tertiary/aromatic N) is 1. The number of aryl methyl sites for hydroxylation is 1. The van der Waals surface area contributed by atoms with Gasteiger partial charge in [-0.1, -0.05) is 76.6 Å². The Morgan fingerprint density at radius 2 is 1.54 bits per heavy atom. The Hall–Kier alpha value is -2.57. The summed E-state index contributed by atoms with van der Waals surface area (Å²) < 4.78 is 5.28. The van der Waals surface area contributed by atoms with Gasteiger partial charge >= 0.3 is 6.09 Å². The average molecular weight is 490 g/mol. The van der Waals surface area contributed by atoms with Crippen LogP contribution < -0.4 is 10.6 Å². The molecule has 0 aliphatic rings. The molecular weight excluding hydrogens is 442 g/mol. The van der Waals surface area contributed by atoms with Crippen molar-refractivity contribution in [2.45, 2.75) is 105 Å². The van der Waals surface area contributed by atoms with E-state index in [1.807, 2.05) is 31.2 Å². The van der Waals surface area contributed by atoms with Crippen LogP contribution in [0.1, 0.15) is 103 Å². The van der Waals surface area contributed by atoms with Crippen LogP contribution in [-0.4, -0.2) is 48.0 Å². The number of alkyl carbamates (subject to hydrolysis) is 1. The summed E-state index contributed by atoms with van der Waals surface area (Å²) >= 11 is 0. The fourth-order valence-electron chi connectivity index (χ4n) is 3.85. The summed E-state index contributed by atoms with van der Waals surface area (Å²) in [4.78, 5) is 40.6. The van der Waals surface area contributed by atoms with E-state index in [1.165, 1.54) is 19.3 Å². The molecule has 0 heterocycles. The number of benzene rings is 1. The van der Waals surface area contributed by atoms with Crippen LogP contribution >= 0.6 is 0 Å². The number of rotatable bonds is 15. The summed E-state index contributed by atoms with van der Waals surface area (Å²) in [7, 11) is 0. The summed E-state index contributed by atoms with van der Waals surface area (Å²) in [6.45, 7) is 12.3. The van der Waals surface area contributed by atoms with Crippen LogP contribution in [0.15, 0.2) is 24.3 Å². The van der Waals surface area contributed by atoms with E-state index < -0.39 is 17.7 Å². The van der Waals surface area contributed by atoms with E-state index in [0.29, 0.717) is 13.1 Å². The topological polar surface area (TPSA) is 87.7 Å². The molecule has 1 atom stereocenters. The highest BCUT2D eigenvalue weighted by molar-refractivity contribution is 5.90. The number of unbranched alkanes of at least 4 members (excludes halogenated alkanes) is 6. The highest BCUT2D eigenvalue weighted by atomic mass is 16.6. The van der Waals surface area contributed by atoms with Crippen LogP contribution in [-0.2, 0) is 14.3 Å². The molecule has 1 rings (SSSR count). The number of carbonyl (C=O) groups is 3. The zero-order valence-electron chi connectivity index (χ0n) is 22.7. The molecule has 0 bridgehead atoms. The van der Waals surface area contributed by atoms with Crippen molar-refractivity contribution >= 4 is 17.9 Å². The Balaban J connectivity index is 3.11. The largest absolute Gasteiger partial charge is 0.444 e. The van der Waals surface area contributed by atoms with E-state index in [2.05, 4.69) is 24.5 Å². The first kappa shape index (κ1) is 30.5. The second kappa shape index (κ2) is 16.2. The maximum absolute atomic E-state index is 13.4. The molecule has 198 valence electrons. The molecule has 1 aromatic rings. The van der Waals surface area contributed by atoms with Crippen molar-refractivity contribution in [3.8, 4) is 0 Å². The first-order valence-corrected chi connectivity index (χ1v) is 13.2. The van der Waals surface area contributed by atoms with E-state index in [9.17, 15) is 14.4 Å². The molecule has 0 spiro atoms. The molecule has 1 aromatic carbocycles. The van der Waals surface area contributed by atoms with Gasteiger partial charge in [0.15, 0.2) is 0 Å².